The second kappa shape index (κ2) is 6.83. The zero-order chi connectivity index (χ0) is 18.8. The quantitative estimate of drug-likeness (QED) is 0.679. The minimum absolute atomic E-state index is 0.0440. The van der Waals surface area contributed by atoms with Gasteiger partial charge in [0.25, 0.3) is 5.91 Å². The molecule has 4 N–H and O–H groups in total. The molecule has 0 saturated carbocycles. The van der Waals surface area contributed by atoms with Gasteiger partial charge in [-0.25, -0.2) is 13.6 Å². The van der Waals surface area contributed by atoms with Gasteiger partial charge in [-0.1, -0.05) is 12.1 Å². The van der Waals surface area contributed by atoms with Crippen molar-refractivity contribution in [3.63, 3.8) is 0 Å². The molecular weight excluding hydrogens is 344 g/mol. The van der Waals surface area contributed by atoms with E-state index in [1.807, 2.05) is 0 Å². The molecule has 1 unspecified atom stereocenters. The van der Waals surface area contributed by atoms with Crippen LogP contribution in [-0.4, -0.2) is 17.0 Å². The van der Waals surface area contributed by atoms with Gasteiger partial charge in [-0.05, 0) is 36.8 Å². The molecule has 2 aromatic rings. The predicted octanol–water partition coefficient (Wildman–Crippen LogP) is 2.94. The highest BCUT2D eigenvalue weighted by Gasteiger charge is 2.31. The first-order valence-corrected chi connectivity index (χ1v) is 7.69. The van der Waals surface area contributed by atoms with Crippen molar-refractivity contribution < 1.29 is 23.5 Å². The number of anilines is 1. The molecule has 26 heavy (non-hydrogen) atoms. The van der Waals surface area contributed by atoms with E-state index in [1.54, 1.807) is 19.1 Å². The van der Waals surface area contributed by atoms with E-state index in [4.69, 9.17) is 0 Å². The van der Waals surface area contributed by atoms with Crippen molar-refractivity contribution in [1.29, 1.82) is 0 Å². The van der Waals surface area contributed by atoms with Crippen LogP contribution in [0.15, 0.2) is 53.7 Å². The number of urea groups is 1. The Labute approximate surface area is 147 Å². The van der Waals surface area contributed by atoms with Crippen molar-refractivity contribution in [1.82, 2.24) is 10.6 Å². The molecule has 1 heterocycles. The molecule has 0 radical (unpaired) electrons. The summed E-state index contributed by atoms with van der Waals surface area (Å²) in [5, 5.41) is 17.1. The number of halogens is 2. The Bertz CT molecular complexity index is 910. The van der Waals surface area contributed by atoms with E-state index in [1.165, 1.54) is 18.2 Å². The lowest BCUT2D eigenvalue weighted by Crippen LogP contribution is -2.45. The maximum atomic E-state index is 13.3. The number of phenols is 1. The lowest BCUT2D eigenvalue weighted by atomic mass is 9.94. The van der Waals surface area contributed by atoms with Crippen molar-refractivity contribution in [3.8, 4) is 5.75 Å². The van der Waals surface area contributed by atoms with E-state index in [9.17, 15) is 23.5 Å². The molecule has 3 amide bonds. The third-order valence-electron chi connectivity index (χ3n) is 3.92. The van der Waals surface area contributed by atoms with Crippen molar-refractivity contribution >= 4 is 17.6 Å². The lowest BCUT2D eigenvalue weighted by Gasteiger charge is -2.28. The third-order valence-corrected chi connectivity index (χ3v) is 3.92. The number of nitrogens with one attached hydrogen (secondary N) is 3. The van der Waals surface area contributed by atoms with Crippen LogP contribution in [0.5, 0.6) is 5.75 Å². The first kappa shape index (κ1) is 17.4. The van der Waals surface area contributed by atoms with E-state index in [-0.39, 0.29) is 17.0 Å². The average Bonchev–Trinajstić information content (AvgIpc) is 2.58. The van der Waals surface area contributed by atoms with Gasteiger partial charge in [0.15, 0.2) is 11.6 Å². The van der Waals surface area contributed by atoms with Crippen LogP contribution in [-0.2, 0) is 4.79 Å². The zero-order valence-electron chi connectivity index (χ0n) is 13.6. The van der Waals surface area contributed by atoms with Crippen LogP contribution >= 0.6 is 0 Å². The van der Waals surface area contributed by atoms with Crippen LogP contribution in [0, 0.1) is 11.6 Å². The largest absolute Gasteiger partial charge is 0.508 e. The van der Waals surface area contributed by atoms with Crippen molar-refractivity contribution in [2.75, 3.05) is 5.32 Å². The van der Waals surface area contributed by atoms with E-state index >= 15 is 0 Å². The summed E-state index contributed by atoms with van der Waals surface area (Å²) in [6.07, 6.45) is 0. The van der Waals surface area contributed by atoms with Crippen molar-refractivity contribution in [2.24, 2.45) is 0 Å². The summed E-state index contributed by atoms with van der Waals surface area (Å²) >= 11 is 0. The number of rotatable bonds is 3. The first-order valence-electron chi connectivity index (χ1n) is 7.69. The second-order valence-electron chi connectivity index (χ2n) is 5.74. The normalized spacial score (nSPS) is 16.7. The summed E-state index contributed by atoms with van der Waals surface area (Å²) in [7, 11) is 0. The Balaban J connectivity index is 1.93. The van der Waals surface area contributed by atoms with Crippen LogP contribution in [0.4, 0.5) is 19.3 Å². The van der Waals surface area contributed by atoms with E-state index < -0.39 is 29.6 Å². The molecule has 3 rings (SSSR count). The molecule has 2 aromatic carbocycles. The molecule has 0 spiro atoms. The average molecular weight is 359 g/mol. The minimum Gasteiger partial charge on any atom is -0.508 e. The predicted molar refractivity (Wildman–Crippen MR) is 90.2 cm³/mol. The number of allylic oxidation sites excluding steroid dienone is 1. The Hall–Kier alpha value is -3.42. The first-order chi connectivity index (χ1) is 12.3. The van der Waals surface area contributed by atoms with Crippen LogP contribution in [0.3, 0.4) is 0 Å². The number of carbonyl (C=O) groups is 2. The molecule has 1 aliphatic heterocycles. The van der Waals surface area contributed by atoms with E-state index in [2.05, 4.69) is 16.0 Å². The smallest absolute Gasteiger partial charge is 0.319 e. The number of amides is 3. The highest BCUT2D eigenvalue weighted by atomic mass is 19.2. The van der Waals surface area contributed by atoms with Crippen LogP contribution in [0.1, 0.15) is 18.5 Å². The summed E-state index contributed by atoms with van der Waals surface area (Å²) < 4.78 is 26.4. The number of phenolic OH excluding ortho intramolecular Hbond substituents is 1. The summed E-state index contributed by atoms with van der Waals surface area (Å²) in [5.74, 6) is -2.65. The van der Waals surface area contributed by atoms with Crippen LogP contribution in [0.25, 0.3) is 0 Å². The van der Waals surface area contributed by atoms with Gasteiger partial charge in [-0.15, -0.1) is 0 Å². The molecule has 1 atom stereocenters. The summed E-state index contributed by atoms with van der Waals surface area (Å²) in [6.45, 7) is 1.56. The van der Waals surface area contributed by atoms with Gasteiger partial charge in [0.05, 0.1) is 11.6 Å². The molecule has 0 saturated heterocycles. The Kier molecular flexibility index (Phi) is 4.57. The Morgan fingerprint density at radius 1 is 1.12 bits per heavy atom. The molecule has 8 heteroatoms. The monoisotopic (exact) mass is 359 g/mol. The number of carbonyl (C=O) groups excluding carboxylic acids is 2. The van der Waals surface area contributed by atoms with Gasteiger partial charge < -0.3 is 21.1 Å². The van der Waals surface area contributed by atoms with E-state index in [0.717, 1.165) is 12.1 Å². The highest BCUT2D eigenvalue weighted by Crippen LogP contribution is 2.29. The van der Waals surface area contributed by atoms with Crippen molar-refractivity contribution in [2.45, 2.75) is 13.0 Å². The SMILES string of the molecule is CC1=C(C(=O)Nc2ccc(F)c(F)c2)C(c2ccc(O)cc2)NC(=O)N1. The Morgan fingerprint density at radius 3 is 2.46 bits per heavy atom. The van der Waals surface area contributed by atoms with Crippen LogP contribution < -0.4 is 16.0 Å². The number of hydrogen-bond donors (Lipinski definition) is 4. The second-order valence-corrected chi connectivity index (χ2v) is 5.74. The Morgan fingerprint density at radius 2 is 1.81 bits per heavy atom. The van der Waals surface area contributed by atoms with Gasteiger partial charge in [0.1, 0.15) is 5.75 Å². The standard InChI is InChI=1S/C18H15F2N3O3/c1-9-15(17(25)22-11-4-7-13(19)14(20)8-11)16(23-18(26)21-9)10-2-5-12(24)6-3-10/h2-8,16,24H,1H3,(H,22,25)(H2,21,23,26). The molecular formula is C18H15F2N3O3. The fourth-order valence-electron chi connectivity index (χ4n) is 2.68. The van der Waals surface area contributed by atoms with Gasteiger partial charge >= 0.3 is 6.03 Å². The van der Waals surface area contributed by atoms with E-state index in [0.29, 0.717) is 11.3 Å². The molecule has 0 bridgehead atoms. The lowest BCUT2D eigenvalue weighted by molar-refractivity contribution is -0.113. The molecule has 134 valence electrons. The maximum Gasteiger partial charge on any atom is 0.319 e. The summed E-state index contributed by atoms with van der Waals surface area (Å²) in [4.78, 5) is 24.5. The molecule has 1 aliphatic rings. The van der Waals surface area contributed by atoms with Gasteiger partial charge in [-0.3, -0.25) is 4.79 Å². The van der Waals surface area contributed by atoms with Gasteiger partial charge in [0.2, 0.25) is 0 Å². The van der Waals surface area contributed by atoms with Gasteiger partial charge in [-0.2, -0.15) is 0 Å². The number of hydrogen-bond acceptors (Lipinski definition) is 3. The molecule has 0 aromatic heterocycles. The minimum atomic E-state index is -1.08. The fraction of sp³-hybridized carbons (Fsp3) is 0.111. The molecule has 6 nitrogen and oxygen atoms in total. The summed E-state index contributed by atoms with van der Waals surface area (Å²) in [6, 6.07) is 7.77. The topological polar surface area (TPSA) is 90.5 Å². The zero-order valence-corrected chi connectivity index (χ0v) is 13.6. The fourth-order valence-corrected chi connectivity index (χ4v) is 2.68. The highest BCUT2D eigenvalue weighted by molar-refractivity contribution is 6.06. The molecule has 0 aliphatic carbocycles. The maximum absolute atomic E-state index is 13.3. The van der Waals surface area contributed by atoms with Gasteiger partial charge in [0, 0.05) is 17.5 Å². The van der Waals surface area contributed by atoms with Crippen molar-refractivity contribution in [3.05, 3.63) is 70.9 Å². The number of benzene rings is 2. The summed E-state index contributed by atoms with van der Waals surface area (Å²) in [5.41, 5.74) is 1.19. The number of aromatic hydroxyl groups is 1. The third kappa shape index (κ3) is 3.49. The van der Waals surface area contributed by atoms with Crippen LogP contribution in [0.2, 0.25) is 0 Å². The molecule has 0 fully saturated rings.